The van der Waals surface area contributed by atoms with Gasteiger partial charge in [0, 0.05) is 4.88 Å². The van der Waals surface area contributed by atoms with Gasteiger partial charge in [-0.2, -0.15) is 5.26 Å². The Morgan fingerprint density at radius 3 is 2.73 bits per heavy atom. The molecule has 0 saturated carbocycles. The average Bonchev–Trinajstić information content (AvgIpc) is 3.07. The van der Waals surface area contributed by atoms with Gasteiger partial charge in [0.2, 0.25) is 0 Å². The van der Waals surface area contributed by atoms with Crippen LogP contribution in [-0.2, 0) is 17.6 Å². The molecule has 1 aliphatic rings. The number of anilines is 1. The van der Waals surface area contributed by atoms with E-state index in [-0.39, 0.29) is 17.9 Å². The van der Waals surface area contributed by atoms with Crippen LogP contribution in [0.1, 0.15) is 43.2 Å². The second-order valence-electron chi connectivity index (χ2n) is 8.97. The largest absolute Gasteiger partial charge is 0.484 e. The fourth-order valence-corrected chi connectivity index (χ4v) is 5.39. The fraction of sp³-hybridized carbons (Fsp3) is 0.360. The van der Waals surface area contributed by atoms with Crippen LogP contribution in [0.15, 0.2) is 42.5 Å². The van der Waals surface area contributed by atoms with Crippen molar-refractivity contribution in [3.05, 3.63) is 58.5 Å². The Morgan fingerprint density at radius 2 is 2.00 bits per heavy atom. The lowest BCUT2D eigenvalue weighted by molar-refractivity contribution is -0.118. The van der Waals surface area contributed by atoms with Crippen molar-refractivity contribution in [2.45, 2.75) is 40.0 Å². The molecule has 0 fully saturated rings. The molecule has 154 valence electrons. The summed E-state index contributed by atoms with van der Waals surface area (Å²) in [6.45, 7) is 6.73. The first-order valence-electron chi connectivity index (χ1n) is 10.3. The molecule has 0 bridgehead atoms. The van der Waals surface area contributed by atoms with E-state index in [1.165, 1.54) is 4.88 Å². The van der Waals surface area contributed by atoms with Crippen molar-refractivity contribution in [1.82, 2.24) is 0 Å². The smallest absolute Gasteiger partial charge is 0.262 e. The standard InChI is InChI=1S/C25H26N2O2S/c1-25(2,3)18-9-11-20-21(14-26)24(30-22(20)13-18)27-23(28)15-29-19-10-8-16-6-4-5-7-17(16)12-19/h4-8,10,12,18H,9,11,13,15H2,1-3H3,(H,27,28)/t18-/m0/s1. The summed E-state index contributed by atoms with van der Waals surface area (Å²) < 4.78 is 5.70. The highest BCUT2D eigenvalue weighted by Gasteiger charge is 2.32. The molecule has 1 heterocycles. The summed E-state index contributed by atoms with van der Waals surface area (Å²) in [6, 6.07) is 16.1. The molecular weight excluding hydrogens is 392 g/mol. The molecule has 4 rings (SSSR count). The van der Waals surface area contributed by atoms with Crippen LogP contribution < -0.4 is 10.1 Å². The van der Waals surface area contributed by atoms with E-state index >= 15 is 0 Å². The van der Waals surface area contributed by atoms with Gasteiger partial charge in [0.25, 0.3) is 5.91 Å². The number of carbonyl (C=O) groups is 1. The molecule has 1 aliphatic carbocycles. The number of hydrogen-bond donors (Lipinski definition) is 1. The number of carbonyl (C=O) groups excluding carboxylic acids is 1. The normalized spacial score (nSPS) is 16.0. The monoisotopic (exact) mass is 418 g/mol. The maximum absolute atomic E-state index is 12.5. The number of amides is 1. The highest BCUT2D eigenvalue weighted by atomic mass is 32.1. The zero-order chi connectivity index (χ0) is 21.3. The van der Waals surface area contributed by atoms with Crippen LogP contribution in [0.25, 0.3) is 10.8 Å². The van der Waals surface area contributed by atoms with Crippen molar-refractivity contribution in [2.24, 2.45) is 11.3 Å². The van der Waals surface area contributed by atoms with Crippen molar-refractivity contribution < 1.29 is 9.53 Å². The van der Waals surface area contributed by atoms with Crippen molar-refractivity contribution in [2.75, 3.05) is 11.9 Å². The topological polar surface area (TPSA) is 62.1 Å². The quantitative estimate of drug-likeness (QED) is 0.570. The van der Waals surface area contributed by atoms with Gasteiger partial charge in [-0.05, 0) is 59.1 Å². The van der Waals surface area contributed by atoms with Gasteiger partial charge in [-0.3, -0.25) is 4.79 Å². The minimum absolute atomic E-state index is 0.0869. The Labute approximate surface area is 181 Å². The van der Waals surface area contributed by atoms with Crippen molar-refractivity contribution in [3.8, 4) is 11.8 Å². The molecule has 0 radical (unpaired) electrons. The summed E-state index contributed by atoms with van der Waals surface area (Å²) in [7, 11) is 0. The summed E-state index contributed by atoms with van der Waals surface area (Å²) in [6.07, 6.45) is 2.96. The van der Waals surface area contributed by atoms with Crippen LogP contribution >= 0.6 is 11.3 Å². The van der Waals surface area contributed by atoms with E-state index < -0.39 is 0 Å². The third-order valence-corrected chi connectivity index (χ3v) is 7.12. The van der Waals surface area contributed by atoms with Crippen molar-refractivity contribution in [1.29, 1.82) is 5.26 Å². The third kappa shape index (κ3) is 4.20. The number of hydrogen-bond acceptors (Lipinski definition) is 4. The first-order valence-corrected chi connectivity index (χ1v) is 11.1. The molecule has 1 amide bonds. The Morgan fingerprint density at radius 1 is 1.23 bits per heavy atom. The first-order chi connectivity index (χ1) is 14.3. The van der Waals surface area contributed by atoms with Gasteiger partial charge in [0.05, 0.1) is 5.56 Å². The molecule has 1 aromatic heterocycles. The van der Waals surface area contributed by atoms with E-state index in [9.17, 15) is 10.1 Å². The summed E-state index contributed by atoms with van der Waals surface area (Å²) in [4.78, 5) is 13.8. The number of nitrogens with zero attached hydrogens (tertiary/aromatic N) is 1. The number of nitriles is 1. The maximum Gasteiger partial charge on any atom is 0.262 e. The van der Waals surface area contributed by atoms with Gasteiger partial charge in [0.15, 0.2) is 6.61 Å². The number of nitrogens with one attached hydrogen (secondary N) is 1. The molecule has 0 spiro atoms. The van der Waals surface area contributed by atoms with Gasteiger partial charge >= 0.3 is 0 Å². The molecule has 1 N–H and O–H groups in total. The number of benzene rings is 2. The summed E-state index contributed by atoms with van der Waals surface area (Å²) in [5.41, 5.74) is 1.99. The fourth-order valence-electron chi connectivity index (χ4n) is 4.10. The van der Waals surface area contributed by atoms with Gasteiger partial charge in [0.1, 0.15) is 16.8 Å². The minimum atomic E-state index is -0.245. The van der Waals surface area contributed by atoms with E-state index in [0.29, 0.717) is 22.2 Å². The third-order valence-electron chi connectivity index (χ3n) is 5.95. The van der Waals surface area contributed by atoms with Crippen LogP contribution in [-0.4, -0.2) is 12.5 Å². The van der Waals surface area contributed by atoms with Crippen LogP contribution in [0.4, 0.5) is 5.00 Å². The van der Waals surface area contributed by atoms with E-state index in [4.69, 9.17) is 4.74 Å². The number of fused-ring (bicyclic) bond motifs is 2. The Balaban J connectivity index is 1.44. The highest BCUT2D eigenvalue weighted by Crippen LogP contribution is 2.43. The second kappa shape index (κ2) is 8.12. The second-order valence-corrected chi connectivity index (χ2v) is 10.1. The zero-order valence-corrected chi connectivity index (χ0v) is 18.4. The van der Waals surface area contributed by atoms with Crippen LogP contribution in [0.3, 0.4) is 0 Å². The molecule has 1 atom stereocenters. The van der Waals surface area contributed by atoms with E-state index in [2.05, 4.69) is 32.2 Å². The highest BCUT2D eigenvalue weighted by molar-refractivity contribution is 7.16. The molecule has 30 heavy (non-hydrogen) atoms. The number of ether oxygens (including phenoxy) is 1. The zero-order valence-electron chi connectivity index (χ0n) is 17.6. The Hall–Kier alpha value is -2.84. The molecule has 3 aromatic rings. The molecule has 5 heteroatoms. The molecule has 0 saturated heterocycles. The van der Waals surface area contributed by atoms with Crippen LogP contribution in [0.2, 0.25) is 0 Å². The Kier molecular flexibility index (Phi) is 5.53. The minimum Gasteiger partial charge on any atom is -0.484 e. The molecular formula is C25H26N2O2S. The van der Waals surface area contributed by atoms with Crippen LogP contribution in [0.5, 0.6) is 5.75 Å². The van der Waals surface area contributed by atoms with Crippen molar-refractivity contribution in [3.63, 3.8) is 0 Å². The summed E-state index contributed by atoms with van der Waals surface area (Å²) in [5.74, 6) is 1.00. The van der Waals surface area contributed by atoms with Gasteiger partial charge < -0.3 is 10.1 Å². The summed E-state index contributed by atoms with van der Waals surface area (Å²) in [5, 5.41) is 15.5. The molecule has 4 nitrogen and oxygen atoms in total. The lowest BCUT2D eigenvalue weighted by atomic mass is 9.72. The molecule has 2 aromatic carbocycles. The van der Waals surface area contributed by atoms with Gasteiger partial charge in [-0.25, -0.2) is 0 Å². The van der Waals surface area contributed by atoms with E-state index in [1.54, 1.807) is 11.3 Å². The number of thiophene rings is 1. The van der Waals surface area contributed by atoms with Crippen molar-refractivity contribution >= 4 is 33.0 Å². The lowest BCUT2D eigenvalue weighted by Gasteiger charge is -2.33. The van der Waals surface area contributed by atoms with Gasteiger partial charge in [-0.15, -0.1) is 11.3 Å². The molecule has 0 aliphatic heterocycles. The summed E-state index contributed by atoms with van der Waals surface area (Å²) >= 11 is 1.55. The SMILES string of the molecule is CC(C)(C)[C@H]1CCc2c(sc(NC(=O)COc3ccc4ccccc4c3)c2C#N)C1. The van der Waals surface area contributed by atoms with Gasteiger partial charge in [-0.1, -0.05) is 51.1 Å². The van der Waals surface area contributed by atoms with E-state index in [0.717, 1.165) is 35.6 Å². The maximum atomic E-state index is 12.5. The van der Waals surface area contributed by atoms with E-state index in [1.807, 2.05) is 42.5 Å². The number of rotatable bonds is 4. The lowest BCUT2D eigenvalue weighted by Crippen LogP contribution is -2.26. The molecule has 0 unspecified atom stereocenters. The Bertz CT molecular complexity index is 1130. The first kappa shape index (κ1) is 20.4. The van der Waals surface area contributed by atoms with Crippen LogP contribution in [0, 0.1) is 22.7 Å². The predicted octanol–water partition coefficient (Wildman–Crippen LogP) is 5.94. The average molecular weight is 419 g/mol. The predicted molar refractivity (Wildman–Crippen MR) is 122 cm³/mol.